The number of hydrogen-bond donors (Lipinski definition) is 2. The van der Waals surface area contributed by atoms with Crippen LogP contribution in [0.15, 0.2) is 24.3 Å². The largest absolute Gasteiger partial charge is 0.335 e. The number of benzene rings is 1. The number of nitrogens with zero attached hydrogens (tertiary/aromatic N) is 1. The average molecular weight is 284 g/mol. The Bertz CT molecular complexity index is 423. The molecule has 0 radical (unpaired) electrons. The zero-order valence-electron chi connectivity index (χ0n) is 11.5. The predicted octanol–water partition coefficient (Wildman–Crippen LogP) is 1.75. The van der Waals surface area contributed by atoms with Gasteiger partial charge in [-0.05, 0) is 38.4 Å². The summed E-state index contributed by atoms with van der Waals surface area (Å²) in [7, 11) is 0. The summed E-state index contributed by atoms with van der Waals surface area (Å²) in [5.41, 5.74) is 12.2. The van der Waals surface area contributed by atoms with Crippen LogP contribution in [-0.4, -0.2) is 29.4 Å². The molecule has 0 aliphatic rings. The van der Waals surface area contributed by atoms with Gasteiger partial charge in [0.15, 0.2) is 0 Å². The summed E-state index contributed by atoms with van der Waals surface area (Å²) in [5, 5.41) is 0.661. The third-order valence-corrected chi connectivity index (χ3v) is 3.37. The quantitative estimate of drug-likeness (QED) is 0.835. The first-order chi connectivity index (χ1) is 8.97. The van der Waals surface area contributed by atoms with E-state index in [0.717, 1.165) is 5.56 Å². The molecule has 0 saturated heterocycles. The number of rotatable bonds is 6. The second kappa shape index (κ2) is 7.48. The van der Waals surface area contributed by atoms with E-state index in [4.69, 9.17) is 23.1 Å². The van der Waals surface area contributed by atoms with Crippen molar-refractivity contribution in [3.63, 3.8) is 0 Å². The monoisotopic (exact) mass is 283 g/mol. The molecule has 106 valence electrons. The Labute approximate surface area is 119 Å². The van der Waals surface area contributed by atoms with Gasteiger partial charge in [0.2, 0.25) is 5.91 Å². The molecule has 0 fully saturated rings. The van der Waals surface area contributed by atoms with Gasteiger partial charge < -0.3 is 16.4 Å². The zero-order valence-corrected chi connectivity index (χ0v) is 12.2. The molecule has 0 unspecified atom stereocenters. The average Bonchev–Trinajstić information content (AvgIpc) is 2.37. The highest BCUT2D eigenvalue weighted by atomic mass is 35.5. The van der Waals surface area contributed by atoms with Crippen LogP contribution in [0.1, 0.15) is 25.8 Å². The van der Waals surface area contributed by atoms with Crippen molar-refractivity contribution in [2.75, 3.05) is 6.54 Å². The molecule has 0 aromatic heterocycles. The summed E-state index contributed by atoms with van der Waals surface area (Å²) in [4.78, 5) is 14.0. The first kappa shape index (κ1) is 16.0. The summed E-state index contributed by atoms with van der Waals surface area (Å²) in [5.74, 6) is -0.0830. The minimum Gasteiger partial charge on any atom is -0.335 e. The zero-order chi connectivity index (χ0) is 14.4. The van der Waals surface area contributed by atoms with Crippen molar-refractivity contribution < 1.29 is 4.79 Å². The smallest absolute Gasteiger partial charge is 0.240 e. The van der Waals surface area contributed by atoms with Crippen LogP contribution < -0.4 is 11.5 Å². The van der Waals surface area contributed by atoms with E-state index in [-0.39, 0.29) is 11.9 Å². The first-order valence-electron chi connectivity index (χ1n) is 6.47. The van der Waals surface area contributed by atoms with E-state index in [0.29, 0.717) is 24.5 Å². The molecule has 0 aliphatic heterocycles. The molecule has 4 nitrogen and oxygen atoms in total. The topological polar surface area (TPSA) is 72.3 Å². The molecule has 19 heavy (non-hydrogen) atoms. The van der Waals surface area contributed by atoms with Crippen molar-refractivity contribution in [2.24, 2.45) is 11.5 Å². The molecule has 0 bridgehead atoms. The lowest BCUT2D eigenvalue weighted by Gasteiger charge is -2.29. The van der Waals surface area contributed by atoms with Crippen molar-refractivity contribution in [1.82, 2.24) is 4.90 Å². The highest BCUT2D eigenvalue weighted by molar-refractivity contribution is 6.31. The van der Waals surface area contributed by atoms with E-state index in [1.807, 2.05) is 38.1 Å². The van der Waals surface area contributed by atoms with Gasteiger partial charge in [-0.15, -0.1) is 0 Å². The fourth-order valence-electron chi connectivity index (χ4n) is 1.84. The van der Waals surface area contributed by atoms with Gasteiger partial charge in [0.25, 0.3) is 0 Å². The van der Waals surface area contributed by atoms with Crippen molar-refractivity contribution in [3.05, 3.63) is 34.9 Å². The van der Waals surface area contributed by atoms with E-state index in [2.05, 4.69) is 0 Å². The van der Waals surface area contributed by atoms with Crippen molar-refractivity contribution in [2.45, 2.75) is 38.9 Å². The van der Waals surface area contributed by atoms with Crippen LogP contribution in [0.2, 0.25) is 5.02 Å². The van der Waals surface area contributed by atoms with Crippen molar-refractivity contribution in [3.8, 4) is 0 Å². The predicted molar refractivity (Wildman–Crippen MR) is 78.8 cm³/mol. The molecule has 1 aromatic carbocycles. The molecular weight excluding hydrogens is 262 g/mol. The van der Waals surface area contributed by atoms with Crippen molar-refractivity contribution >= 4 is 17.5 Å². The summed E-state index contributed by atoms with van der Waals surface area (Å²) in [6, 6.07) is 7.03. The van der Waals surface area contributed by atoms with Crippen LogP contribution in [0.4, 0.5) is 0 Å². The molecule has 1 rings (SSSR count). The fourth-order valence-corrected chi connectivity index (χ4v) is 2.04. The van der Waals surface area contributed by atoms with Crippen LogP contribution in [0.5, 0.6) is 0 Å². The Balaban J connectivity index is 2.84. The number of amides is 1. The van der Waals surface area contributed by atoms with E-state index >= 15 is 0 Å². The lowest BCUT2D eigenvalue weighted by molar-refractivity contribution is -0.135. The standard InChI is InChI=1S/C14H22ClN3O/c1-10(2)18(14(19)13(17)7-8-16)9-11-5-3-4-6-12(11)15/h3-6,10,13H,7-9,16-17H2,1-2H3/t13-/m0/s1. The molecule has 1 aromatic rings. The van der Waals surface area contributed by atoms with Crippen LogP contribution in [0.3, 0.4) is 0 Å². The third kappa shape index (κ3) is 4.49. The van der Waals surface area contributed by atoms with Crippen molar-refractivity contribution in [1.29, 1.82) is 0 Å². The molecule has 5 heteroatoms. The van der Waals surface area contributed by atoms with E-state index in [1.54, 1.807) is 4.90 Å². The highest BCUT2D eigenvalue weighted by Gasteiger charge is 2.23. The van der Waals surface area contributed by atoms with Gasteiger partial charge in [0.05, 0.1) is 6.04 Å². The van der Waals surface area contributed by atoms with Crippen LogP contribution >= 0.6 is 11.6 Å². The van der Waals surface area contributed by atoms with Gasteiger partial charge in [-0.25, -0.2) is 0 Å². The first-order valence-corrected chi connectivity index (χ1v) is 6.84. The molecule has 1 atom stereocenters. The van der Waals surface area contributed by atoms with E-state index in [9.17, 15) is 4.79 Å². The molecular formula is C14H22ClN3O. The lowest BCUT2D eigenvalue weighted by Crippen LogP contribution is -2.47. The van der Waals surface area contributed by atoms with Gasteiger partial charge in [-0.2, -0.15) is 0 Å². The summed E-state index contributed by atoms with van der Waals surface area (Å²) in [6.45, 7) is 4.80. The van der Waals surface area contributed by atoms with Gasteiger partial charge in [-0.1, -0.05) is 29.8 Å². The Morgan fingerprint density at radius 2 is 2.00 bits per heavy atom. The third-order valence-electron chi connectivity index (χ3n) is 3.00. The van der Waals surface area contributed by atoms with Gasteiger partial charge in [0, 0.05) is 17.6 Å². The normalized spacial score (nSPS) is 12.5. The molecule has 0 saturated carbocycles. The van der Waals surface area contributed by atoms with Gasteiger partial charge >= 0.3 is 0 Å². The van der Waals surface area contributed by atoms with Crippen LogP contribution in [0, 0.1) is 0 Å². The summed E-state index contributed by atoms with van der Waals surface area (Å²) >= 11 is 6.13. The number of carbonyl (C=O) groups is 1. The maximum absolute atomic E-state index is 12.3. The summed E-state index contributed by atoms with van der Waals surface area (Å²) in [6.07, 6.45) is 0.491. The Kier molecular flexibility index (Phi) is 6.28. The summed E-state index contributed by atoms with van der Waals surface area (Å²) < 4.78 is 0. The molecule has 4 N–H and O–H groups in total. The fraction of sp³-hybridized carbons (Fsp3) is 0.500. The molecule has 0 spiro atoms. The van der Waals surface area contributed by atoms with Gasteiger partial charge in [0.1, 0.15) is 0 Å². The second-order valence-corrected chi connectivity index (χ2v) is 5.24. The number of halogens is 1. The highest BCUT2D eigenvalue weighted by Crippen LogP contribution is 2.18. The lowest BCUT2D eigenvalue weighted by atomic mass is 10.1. The molecule has 0 aliphatic carbocycles. The van der Waals surface area contributed by atoms with Gasteiger partial charge in [-0.3, -0.25) is 4.79 Å². The Morgan fingerprint density at radius 1 is 1.37 bits per heavy atom. The van der Waals surface area contributed by atoms with Crippen LogP contribution in [-0.2, 0) is 11.3 Å². The maximum Gasteiger partial charge on any atom is 0.240 e. The Morgan fingerprint density at radius 3 is 2.53 bits per heavy atom. The van der Waals surface area contributed by atoms with E-state index < -0.39 is 6.04 Å². The van der Waals surface area contributed by atoms with Crippen LogP contribution in [0.25, 0.3) is 0 Å². The molecule has 0 heterocycles. The SMILES string of the molecule is CC(C)N(Cc1ccccc1Cl)C(=O)[C@@H](N)CCN. The minimum absolute atomic E-state index is 0.0626. The maximum atomic E-state index is 12.3. The Hall–Kier alpha value is -1.10. The number of carbonyl (C=O) groups excluding carboxylic acids is 1. The number of hydrogen-bond acceptors (Lipinski definition) is 3. The number of nitrogens with two attached hydrogens (primary N) is 2. The van der Waals surface area contributed by atoms with E-state index in [1.165, 1.54) is 0 Å². The molecule has 1 amide bonds. The minimum atomic E-state index is -0.546. The second-order valence-electron chi connectivity index (χ2n) is 4.84.